The van der Waals surface area contributed by atoms with Gasteiger partial charge in [-0.2, -0.15) is 5.10 Å². The molecule has 118 valence electrons. The van der Waals surface area contributed by atoms with Gasteiger partial charge in [-0.1, -0.05) is 0 Å². The van der Waals surface area contributed by atoms with E-state index >= 15 is 0 Å². The fraction of sp³-hybridized carbons (Fsp3) is 0.235. The first-order valence-corrected chi connectivity index (χ1v) is 7.35. The van der Waals surface area contributed by atoms with Crippen LogP contribution in [-0.4, -0.2) is 26.7 Å². The molecule has 3 aromatic rings. The van der Waals surface area contributed by atoms with Crippen LogP contribution >= 0.6 is 0 Å². The zero-order valence-corrected chi connectivity index (χ0v) is 13.2. The molecule has 1 N–H and O–H groups in total. The number of carbonyl (C=O) groups excluding carboxylic acids is 1. The van der Waals surface area contributed by atoms with Gasteiger partial charge in [0, 0.05) is 18.7 Å². The monoisotopic (exact) mass is 312 g/mol. The highest BCUT2D eigenvalue weighted by atomic mass is 19.1. The van der Waals surface area contributed by atoms with Gasteiger partial charge in [0.2, 0.25) is 0 Å². The Morgan fingerprint density at radius 3 is 2.61 bits per heavy atom. The minimum absolute atomic E-state index is 0.0247. The number of aromatic nitrogens is 3. The molecule has 0 saturated heterocycles. The third-order valence-corrected chi connectivity index (χ3v) is 3.51. The second kappa shape index (κ2) is 5.79. The lowest BCUT2D eigenvalue weighted by Gasteiger charge is -2.11. The number of nitrogens with one attached hydrogen (secondary N) is 1. The van der Waals surface area contributed by atoms with Crippen LogP contribution in [-0.2, 0) is 7.05 Å². The molecule has 5 nitrogen and oxygen atoms in total. The molecule has 0 unspecified atom stereocenters. The Labute approximate surface area is 133 Å². The van der Waals surface area contributed by atoms with Gasteiger partial charge in [-0.15, -0.1) is 0 Å². The first-order chi connectivity index (χ1) is 11.0. The van der Waals surface area contributed by atoms with Gasteiger partial charge in [-0.25, -0.2) is 9.37 Å². The molecule has 0 aliphatic heterocycles. The van der Waals surface area contributed by atoms with Gasteiger partial charge in [-0.3, -0.25) is 9.48 Å². The zero-order chi connectivity index (χ0) is 16.6. The number of aryl methyl sites for hydroxylation is 1. The molecule has 0 aliphatic rings. The molecule has 6 heteroatoms. The van der Waals surface area contributed by atoms with Crippen LogP contribution in [0.3, 0.4) is 0 Å². The molecular weight excluding hydrogens is 295 g/mol. The van der Waals surface area contributed by atoms with Crippen LogP contribution in [0.15, 0.2) is 36.5 Å². The molecule has 23 heavy (non-hydrogen) atoms. The SMILES string of the molecule is CC(C)NC(=O)c1cc(-c2ccc(F)cc2)nc2c1cnn2C. The maximum absolute atomic E-state index is 13.1. The van der Waals surface area contributed by atoms with Gasteiger partial charge in [0.25, 0.3) is 5.91 Å². The first-order valence-electron chi connectivity index (χ1n) is 7.35. The number of halogens is 1. The average Bonchev–Trinajstić information content (AvgIpc) is 2.88. The highest BCUT2D eigenvalue weighted by Gasteiger charge is 2.17. The second-order valence-electron chi connectivity index (χ2n) is 5.70. The van der Waals surface area contributed by atoms with E-state index in [4.69, 9.17) is 0 Å². The van der Waals surface area contributed by atoms with E-state index in [9.17, 15) is 9.18 Å². The summed E-state index contributed by atoms with van der Waals surface area (Å²) >= 11 is 0. The Kier molecular flexibility index (Phi) is 3.82. The predicted octanol–water partition coefficient (Wildman–Crippen LogP) is 2.91. The summed E-state index contributed by atoms with van der Waals surface area (Å²) in [6.45, 7) is 3.81. The van der Waals surface area contributed by atoms with E-state index in [2.05, 4.69) is 15.4 Å². The number of amides is 1. The van der Waals surface area contributed by atoms with E-state index in [-0.39, 0.29) is 17.8 Å². The summed E-state index contributed by atoms with van der Waals surface area (Å²) in [4.78, 5) is 17.0. The number of fused-ring (bicyclic) bond motifs is 1. The van der Waals surface area contributed by atoms with Crippen molar-refractivity contribution in [1.82, 2.24) is 20.1 Å². The van der Waals surface area contributed by atoms with Crippen molar-refractivity contribution in [1.29, 1.82) is 0 Å². The Bertz CT molecular complexity index is 868. The van der Waals surface area contributed by atoms with Crippen molar-refractivity contribution in [2.75, 3.05) is 0 Å². The molecular formula is C17H17FN4O. The lowest BCUT2D eigenvalue weighted by Crippen LogP contribution is -2.30. The molecule has 0 aliphatic carbocycles. The van der Waals surface area contributed by atoms with Crippen LogP contribution < -0.4 is 5.32 Å². The van der Waals surface area contributed by atoms with E-state index in [1.54, 1.807) is 36.1 Å². The minimum Gasteiger partial charge on any atom is -0.350 e. The van der Waals surface area contributed by atoms with E-state index < -0.39 is 0 Å². The molecule has 0 radical (unpaired) electrons. The first kappa shape index (κ1) is 15.1. The molecule has 0 atom stereocenters. The largest absolute Gasteiger partial charge is 0.350 e. The maximum Gasteiger partial charge on any atom is 0.252 e. The zero-order valence-electron chi connectivity index (χ0n) is 13.2. The minimum atomic E-state index is -0.312. The Morgan fingerprint density at radius 1 is 1.26 bits per heavy atom. The van der Waals surface area contributed by atoms with Gasteiger partial charge in [0.1, 0.15) is 5.82 Å². The number of pyridine rings is 1. The van der Waals surface area contributed by atoms with Crippen LogP contribution in [0.4, 0.5) is 4.39 Å². The van der Waals surface area contributed by atoms with Crippen molar-refractivity contribution >= 4 is 16.9 Å². The summed E-state index contributed by atoms with van der Waals surface area (Å²) in [5, 5.41) is 7.76. The van der Waals surface area contributed by atoms with Crippen LogP contribution in [0.1, 0.15) is 24.2 Å². The number of hydrogen-bond donors (Lipinski definition) is 1. The molecule has 1 aromatic carbocycles. The molecule has 1 amide bonds. The Balaban J connectivity index is 2.18. The van der Waals surface area contributed by atoms with Crippen molar-refractivity contribution < 1.29 is 9.18 Å². The normalized spacial score (nSPS) is 11.2. The predicted molar refractivity (Wildman–Crippen MR) is 86.5 cm³/mol. The number of carbonyl (C=O) groups is 1. The van der Waals surface area contributed by atoms with Crippen LogP contribution in [0.25, 0.3) is 22.3 Å². The highest BCUT2D eigenvalue weighted by molar-refractivity contribution is 6.06. The molecule has 0 spiro atoms. The number of rotatable bonds is 3. The van der Waals surface area contributed by atoms with Crippen LogP contribution in [0.5, 0.6) is 0 Å². The third-order valence-electron chi connectivity index (χ3n) is 3.51. The fourth-order valence-corrected chi connectivity index (χ4v) is 2.41. The maximum atomic E-state index is 13.1. The van der Waals surface area contributed by atoms with Crippen molar-refractivity contribution in [2.24, 2.45) is 7.05 Å². The highest BCUT2D eigenvalue weighted by Crippen LogP contribution is 2.25. The van der Waals surface area contributed by atoms with E-state index in [1.165, 1.54) is 12.1 Å². The third kappa shape index (κ3) is 2.92. The Morgan fingerprint density at radius 2 is 1.96 bits per heavy atom. The van der Waals surface area contributed by atoms with E-state index in [1.807, 2.05) is 13.8 Å². The van der Waals surface area contributed by atoms with Crippen molar-refractivity contribution in [3.8, 4) is 11.3 Å². The lowest BCUT2D eigenvalue weighted by atomic mass is 10.1. The van der Waals surface area contributed by atoms with Gasteiger partial charge < -0.3 is 5.32 Å². The number of benzene rings is 1. The average molecular weight is 312 g/mol. The van der Waals surface area contributed by atoms with Crippen molar-refractivity contribution in [3.05, 3.63) is 47.9 Å². The van der Waals surface area contributed by atoms with Gasteiger partial charge in [0.05, 0.1) is 22.8 Å². The second-order valence-corrected chi connectivity index (χ2v) is 5.70. The summed E-state index contributed by atoms with van der Waals surface area (Å²) in [6.07, 6.45) is 1.63. The fourth-order valence-electron chi connectivity index (χ4n) is 2.41. The molecule has 2 aromatic heterocycles. The standard InChI is InChI=1S/C17H17FN4O/c1-10(2)20-17(23)13-8-15(11-4-6-12(18)7-5-11)21-16-14(13)9-19-22(16)3/h4-10H,1-3H3,(H,20,23). The topological polar surface area (TPSA) is 59.8 Å². The lowest BCUT2D eigenvalue weighted by molar-refractivity contribution is 0.0945. The summed E-state index contributed by atoms with van der Waals surface area (Å²) in [7, 11) is 1.77. The van der Waals surface area contributed by atoms with Gasteiger partial charge in [0.15, 0.2) is 5.65 Å². The summed E-state index contributed by atoms with van der Waals surface area (Å²) < 4.78 is 14.7. The Hall–Kier alpha value is -2.76. The van der Waals surface area contributed by atoms with Gasteiger partial charge >= 0.3 is 0 Å². The van der Waals surface area contributed by atoms with Crippen LogP contribution in [0, 0.1) is 5.82 Å². The summed E-state index contributed by atoms with van der Waals surface area (Å²) in [5.41, 5.74) is 2.47. The summed E-state index contributed by atoms with van der Waals surface area (Å²) in [6, 6.07) is 7.77. The molecule has 0 fully saturated rings. The number of hydrogen-bond acceptors (Lipinski definition) is 3. The van der Waals surface area contributed by atoms with Crippen molar-refractivity contribution in [3.63, 3.8) is 0 Å². The quantitative estimate of drug-likeness (QED) is 0.809. The molecule has 0 saturated carbocycles. The van der Waals surface area contributed by atoms with E-state index in [0.29, 0.717) is 22.3 Å². The van der Waals surface area contributed by atoms with Gasteiger partial charge in [-0.05, 0) is 44.2 Å². The molecule has 0 bridgehead atoms. The molecule has 2 heterocycles. The van der Waals surface area contributed by atoms with Crippen molar-refractivity contribution in [2.45, 2.75) is 19.9 Å². The smallest absolute Gasteiger partial charge is 0.252 e. The molecule has 3 rings (SSSR count). The number of nitrogens with zero attached hydrogens (tertiary/aromatic N) is 3. The van der Waals surface area contributed by atoms with E-state index in [0.717, 1.165) is 5.56 Å². The van der Waals surface area contributed by atoms with Crippen LogP contribution in [0.2, 0.25) is 0 Å². The summed E-state index contributed by atoms with van der Waals surface area (Å²) in [5.74, 6) is -0.489.